The number of aromatic amines is 1. The molecule has 0 spiro atoms. The van der Waals surface area contributed by atoms with E-state index in [0.717, 1.165) is 35.6 Å². The van der Waals surface area contributed by atoms with E-state index in [1.165, 1.54) is 12.1 Å². The molecule has 4 aromatic rings. The summed E-state index contributed by atoms with van der Waals surface area (Å²) in [6.07, 6.45) is 3.13. The van der Waals surface area contributed by atoms with E-state index >= 15 is 0 Å². The van der Waals surface area contributed by atoms with Gasteiger partial charge in [0.2, 0.25) is 10.0 Å². The molecule has 2 heterocycles. The standard InChI is InChI=1S/C21H16Br2FN3O3S/c1-31(28,29)27-15-9-16-14(8-13(15)10-2-3-10)17(21-25-19(22)20(23)26-21)18(30-16)11-4-6-12(24)7-5-11/h4-10,27H,2-3H2,1H3,(H,25,26). The highest BCUT2D eigenvalue weighted by molar-refractivity contribution is 9.13. The largest absolute Gasteiger partial charge is 0.455 e. The Labute approximate surface area is 194 Å². The van der Waals surface area contributed by atoms with Gasteiger partial charge in [-0.3, -0.25) is 4.72 Å². The lowest BCUT2D eigenvalue weighted by Gasteiger charge is -2.10. The molecule has 0 unspecified atom stereocenters. The SMILES string of the molecule is CS(=O)(=O)Nc1cc2oc(-c3ccc(F)cc3)c(-c3nc(Br)c(Br)[nH]3)c2cc1C1CC1. The number of imidazole rings is 1. The monoisotopic (exact) mass is 567 g/mol. The van der Waals surface area contributed by atoms with Gasteiger partial charge in [-0.05, 0) is 86.5 Å². The van der Waals surface area contributed by atoms with Gasteiger partial charge < -0.3 is 9.40 Å². The van der Waals surface area contributed by atoms with Gasteiger partial charge in [0.1, 0.15) is 32.2 Å². The normalized spacial score (nSPS) is 14.3. The van der Waals surface area contributed by atoms with E-state index in [4.69, 9.17) is 4.42 Å². The predicted octanol–water partition coefficient (Wildman–Crippen LogP) is 6.40. The zero-order chi connectivity index (χ0) is 21.9. The Hall–Kier alpha value is -2.17. The molecule has 31 heavy (non-hydrogen) atoms. The predicted molar refractivity (Wildman–Crippen MR) is 125 cm³/mol. The van der Waals surface area contributed by atoms with Gasteiger partial charge in [-0.1, -0.05) is 0 Å². The van der Waals surface area contributed by atoms with Crippen molar-refractivity contribution in [2.24, 2.45) is 0 Å². The van der Waals surface area contributed by atoms with Crippen LogP contribution in [-0.4, -0.2) is 24.6 Å². The maximum atomic E-state index is 13.5. The molecule has 1 saturated carbocycles. The zero-order valence-electron chi connectivity index (χ0n) is 16.2. The molecule has 1 fully saturated rings. The summed E-state index contributed by atoms with van der Waals surface area (Å²) in [6.45, 7) is 0. The lowest BCUT2D eigenvalue weighted by atomic mass is 10.0. The molecule has 1 aliphatic carbocycles. The molecule has 0 aliphatic heterocycles. The highest BCUT2D eigenvalue weighted by atomic mass is 79.9. The number of aromatic nitrogens is 2. The van der Waals surface area contributed by atoms with Crippen molar-refractivity contribution < 1.29 is 17.2 Å². The first kappa shape index (κ1) is 20.7. The summed E-state index contributed by atoms with van der Waals surface area (Å²) in [4.78, 5) is 7.74. The lowest BCUT2D eigenvalue weighted by Crippen LogP contribution is -2.11. The Morgan fingerprint density at radius 1 is 1.19 bits per heavy atom. The van der Waals surface area contributed by atoms with Gasteiger partial charge in [-0.15, -0.1) is 0 Å². The molecule has 1 aliphatic rings. The highest BCUT2D eigenvalue weighted by Crippen LogP contribution is 2.48. The van der Waals surface area contributed by atoms with Crippen LogP contribution in [-0.2, 0) is 10.0 Å². The van der Waals surface area contributed by atoms with Crippen LogP contribution < -0.4 is 4.72 Å². The van der Waals surface area contributed by atoms with Gasteiger partial charge in [0.05, 0.1) is 17.5 Å². The number of hydrogen-bond donors (Lipinski definition) is 2. The van der Waals surface area contributed by atoms with Gasteiger partial charge in [0, 0.05) is 17.0 Å². The number of hydrogen-bond acceptors (Lipinski definition) is 4. The molecule has 0 radical (unpaired) electrons. The third-order valence-corrected chi connectivity index (χ3v) is 7.41. The Kier molecular flexibility index (Phi) is 4.98. The first-order chi connectivity index (χ1) is 14.7. The fourth-order valence-corrected chi connectivity index (χ4v) is 4.80. The molecule has 10 heteroatoms. The van der Waals surface area contributed by atoms with Crippen LogP contribution in [0.4, 0.5) is 10.1 Å². The second-order valence-electron chi connectivity index (χ2n) is 7.59. The molecule has 5 rings (SSSR count). The first-order valence-corrected chi connectivity index (χ1v) is 12.9. The maximum Gasteiger partial charge on any atom is 0.229 e. The fourth-order valence-electron chi connectivity index (χ4n) is 3.67. The molecule has 160 valence electrons. The minimum Gasteiger partial charge on any atom is -0.455 e. The molecular weight excluding hydrogens is 553 g/mol. The van der Waals surface area contributed by atoms with Crippen LogP contribution in [0, 0.1) is 5.82 Å². The number of halogens is 3. The number of nitrogens with one attached hydrogen (secondary N) is 2. The van der Waals surface area contributed by atoms with Gasteiger partial charge in [-0.25, -0.2) is 17.8 Å². The molecule has 0 atom stereocenters. The first-order valence-electron chi connectivity index (χ1n) is 9.45. The lowest BCUT2D eigenvalue weighted by molar-refractivity contribution is 0.606. The third-order valence-electron chi connectivity index (χ3n) is 5.14. The number of furan rings is 1. The summed E-state index contributed by atoms with van der Waals surface area (Å²) in [7, 11) is -3.45. The highest BCUT2D eigenvalue weighted by Gasteiger charge is 2.30. The average molecular weight is 569 g/mol. The Morgan fingerprint density at radius 2 is 1.90 bits per heavy atom. The molecule has 0 bridgehead atoms. The van der Waals surface area contributed by atoms with Gasteiger partial charge in [0.25, 0.3) is 0 Å². The zero-order valence-corrected chi connectivity index (χ0v) is 20.2. The average Bonchev–Trinajstić information content (AvgIpc) is 3.39. The van der Waals surface area contributed by atoms with E-state index in [2.05, 4.69) is 46.5 Å². The summed E-state index contributed by atoms with van der Waals surface area (Å²) >= 11 is 6.83. The van der Waals surface area contributed by atoms with Gasteiger partial charge in [-0.2, -0.15) is 0 Å². The number of sulfonamides is 1. The minimum atomic E-state index is -3.45. The van der Waals surface area contributed by atoms with Crippen molar-refractivity contribution in [1.82, 2.24) is 9.97 Å². The van der Waals surface area contributed by atoms with Crippen molar-refractivity contribution in [3.05, 3.63) is 57.0 Å². The number of nitrogens with zero attached hydrogens (tertiary/aromatic N) is 1. The number of anilines is 1. The molecule has 6 nitrogen and oxygen atoms in total. The van der Waals surface area contributed by atoms with E-state index in [1.54, 1.807) is 18.2 Å². The van der Waals surface area contributed by atoms with E-state index in [-0.39, 0.29) is 5.82 Å². The molecule has 0 saturated heterocycles. The van der Waals surface area contributed by atoms with Crippen LogP contribution in [0.2, 0.25) is 0 Å². The molecule has 2 N–H and O–H groups in total. The third kappa shape index (κ3) is 4.04. The summed E-state index contributed by atoms with van der Waals surface area (Å²) in [5.41, 5.74) is 3.36. The fraction of sp³-hybridized carbons (Fsp3) is 0.190. The quantitative estimate of drug-likeness (QED) is 0.291. The van der Waals surface area contributed by atoms with Crippen LogP contribution in [0.5, 0.6) is 0 Å². The topological polar surface area (TPSA) is 88.0 Å². The van der Waals surface area contributed by atoms with Crippen molar-refractivity contribution >= 4 is 58.5 Å². The van der Waals surface area contributed by atoms with Crippen LogP contribution in [0.15, 0.2) is 50.0 Å². The van der Waals surface area contributed by atoms with Crippen LogP contribution in [0.3, 0.4) is 0 Å². The van der Waals surface area contributed by atoms with Crippen molar-refractivity contribution in [1.29, 1.82) is 0 Å². The second-order valence-corrected chi connectivity index (χ2v) is 10.9. The van der Waals surface area contributed by atoms with Crippen LogP contribution in [0.25, 0.3) is 33.7 Å². The van der Waals surface area contributed by atoms with E-state index in [1.807, 2.05) is 6.07 Å². The number of rotatable bonds is 5. The maximum absolute atomic E-state index is 13.5. The van der Waals surface area contributed by atoms with E-state index in [9.17, 15) is 12.8 Å². The Balaban J connectivity index is 1.80. The smallest absolute Gasteiger partial charge is 0.229 e. The van der Waals surface area contributed by atoms with Crippen LogP contribution in [0.1, 0.15) is 24.3 Å². The van der Waals surface area contributed by atoms with Crippen molar-refractivity contribution in [2.45, 2.75) is 18.8 Å². The Morgan fingerprint density at radius 3 is 2.48 bits per heavy atom. The van der Waals surface area contributed by atoms with Gasteiger partial charge in [0.15, 0.2) is 0 Å². The molecular formula is C21H16Br2FN3O3S. The number of fused-ring (bicyclic) bond motifs is 1. The van der Waals surface area contributed by atoms with Crippen molar-refractivity contribution in [3.8, 4) is 22.7 Å². The number of benzene rings is 2. The summed E-state index contributed by atoms with van der Waals surface area (Å²) < 4.78 is 47.5. The second kappa shape index (κ2) is 7.46. The minimum absolute atomic E-state index is 0.292. The molecule has 2 aromatic heterocycles. The van der Waals surface area contributed by atoms with Gasteiger partial charge >= 0.3 is 0 Å². The Bertz CT molecular complexity index is 1410. The summed E-state index contributed by atoms with van der Waals surface area (Å²) in [5, 5.41) is 0.800. The molecule has 0 amide bonds. The van der Waals surface area contributed by atoms with Crippen LogP contribution >= 0.6 is 31.9 Å². The molecule has 2 aromatic carbocycles. The van der Waals surface area contributed by atoms with Crippen molar-refractivity contribution in [2.75, 3.05) is 11.0 Å². The summed E-state index contributed by atoms with van der Waals surface area (Å²) in [6, 6.07) is 9.70. The number of H-pyrrole nitrogens is 1. The van der Waals surface area contributed by atoms with E-state index in [0.29, 0.717) is 43.5 Å². The van der Waals surface area contributed by atoms with Crippen molar-refractivity contribution in [3.63, 3.8) is 0 Å². The van der Waals surface area contributed by atoms with E-state index < -0.39 is 10.0 Å². The summed E-state index contributed by atoms with van der Waals surface area (Å²) in [5.74, 6) is 1.03.